The predicted octanol–water partition coefficient (Wildman–Crippen LogP) is 0.145. The molecule has 1 heterocycles. The Morgan fingerprint density at radius 1 is 1.28 bits per heavy atom. The van der Waals surface area contributed by atoms with Crippen LogP contribution in [0.2, 0.25) is 0 Å². The van der Waals surface area contributed by atoms with Gasteiger partial charge in [-0.1, -0.05) is 0 Å². The number of carbonyl (C=O) groups excluding carboxylic acids is 1. The average molecular weight is 255 g/mol. The second-order valence-electron chi connectivity index (χ2n) is 3.50. The fourth-order valence-corrected chi connectivity index (χ4v) is 1.40. The SMILES string of the molecule is COC(=O)[C@H](C)NCc1c(OC)ncnc1OC. The van der Waals surface area contributed by atoms with Crippen LogP contribution >= 0.6 is 0 Å². The Hall–Kier alpha value is -1.89. The molecule has 0 bridgehead atoms. The maximum Gasteiger partial charge on any atom is 0.322 e. The van der Waals surface area contributed by atoms with Crippen molar-refractivity contribution in [1.29, 1.82) is 0 Å². The molecule has 0 spiro atoms. The number of rotatable bonds is 6. The largest absolute Gasteiger partial charge is 0.481 e. The molecule has 0 fully saturated rings. The van der Waals surface area contributed by atoms with E-state index in [-0.39, 0.29) is 5.97 Å². The molecule has 7 nitrogen and oxygen atoms in total. The van der Waals surface area contributed by atoms with Gasteiger partial charge in [-0.2, -0.15) is 0 Å². The number of ether oxygens (including phenoxy) is 3. The first-order chi connectivity index (χ1) is 8.63. The van der Waals surface area contributed by atoms with E-state index < -0.39 is 6.04 Å². The summed E-state index contributed by atoms with van der Waals surface area (Å²) in [6.07, 6.45) is 1.35. The first kappa shape index (κ1) is 14.2. The number of esters is 1. The molecular weight excluding hydrogens is 238 g/mol. The highest BCUT2D eigenvalue weighted by molar-refractivity contribution is 5.75. The first-order valence-electron chi connectivity index (χ1n) is 5.37. The van der Waals surface area contributed by atoms with Gasteiger partial charge in [0.25, 0.3) is 0 Å². The van der Waals surface area contributed by atoms with Gasteiger partial charge >= 0.3 is 5.97 Å². The first-order valence-corrected chi connectivity index (χ1v) is 5.37. The fourth-order valence-electron chi connectivity index (χ4n) is 1.40. The Bertz CT molecular complexity index is 389. The number of hydrogen-bond acceptors (Lipinski definition) is 7. The van der Waals surface area contributed by atoms with Crippen molar-refractivity contribution in [2.24, 2.45) is 0 Å². The van der Waals surface area contributed by atoms with Gasteiger partial charge < -0.3 is 19.5 Å². The van der Waals surface area contributed by atoms with E-state index in [0.29, 0.717) is 23.9 Å². The lowest BCUT2D eigenvalue weighted by Crippen LogP contribution is -2.34. The van der Waals surface area contributed by atoms with Crippen LogP contribution in [-0.2, 0) is 16.1 Å². The molecule has 0 radical (unpaired) electrons. The van der Waals surface area contributed by atoms with Crippen LogP contribution in [0.25, 0.3) is 0 Å². The van der Waals surface area contributed by atoms with E-state index in [9.17, 15) is 4.79 Å². The number of hydrogen-bond donors (Lipinski definition) is 1. The molecule has 0 aliphatic heterocycles. The van der Waals surface area contributed by atoms with Gasteiger partial charge in [0.05, 0.1) is 26.9 Å². The van der Waals surface area contributed by atoms with Crippen LogP contribution in [0.4, 0.5) is 0 Å². The maximum absolute atomic E-state index is 11.3. The second kappa shape index (κ2) is 6.75. The Kier molecular flexibility index (Phi) is 5.31. The van der Waals surface area contributed by atoms with Gasteiger partial charge in [0, 0.05) is 6.54 Å². The van der Waals surface area contributed by atoms with Crippen LogP contribution in [0.3, 0.4) is 0 Å². The summed E-state index contributed by atoms with van der Waals surface area (Å²) in [6.45, 7) is 2.04. The summed E-state index contributed by atoms with van der Waals surface area (Å²) >= 11 is 0. The van der Waals surface area contributed by atoms with Crippen molar-refractivity contribution in [3.63, 3.8) is 0 Å². The maximum atomic E-state index is 11.3. The van der Waals surface area contributed by atoms with Gasteiger partial charge in [-0.05, 0) is 6.92 Å². The van der Waals surface area contributed by atoms with E-state index in [0.717, 1.165) is 0 Å². The Morgan fingerprint density at radius 3 is 2.28 bits per heavy atom. The van der Waals surface area contributed by atoms with Crippen LogP contribution < -0.4 is 14.8 Å². The van der Waals surface area contributed by atoms with Gasteiger partial charge in [0.15, 0.2) is 0 Å². The molecule has 1 N–H and O–H groups in total. The molecule has 0 aromatic carbocycles. The summed E-state index contributed by atoms with van der Waals surface area (Å²) in [4.78, 5) is 19.2. The van der Waals surface area contributed by atoms with Gasteiger partial charge in [-0.25, -0.2) is 9.97 Å². The van der Waals surface area contributed by atoms with Crippen LogP contribution in [-0.4, -0.2) is 43.3 Å². The zero-order chi connectivity index (χ0) is 13.5. The number of aromatic nitrogens is 2. The van der Waals surface area contributed by atoms with E-state index >= 15 is 0 Å². The molecule has 0 unspecified atom stereocenters. The highest BCUT2D eigenvalue weighted by Gasteiger charge is 2.17. The molecule has 0 aliphatic carbocycles. The van der Waals surface area contributed by atoms with Gasteiger partial charge in [-0.3, -0.25) is 4.79 Å². The Labute approximate surface area is 105 Å². The summed E-state index contributed by atoms with van der Waals surface area (Å²) in [7, 11) is 4.36. The molecule has 1 atom stereocenters. The lowest BCUT2D eigenvalue weighted by Gasteiger charge is -2.14. The van der Waals surface area contributed by atoms with Crippen molar-refractivity contribution < 1.29 is 19.0 Å². The number of carbonyl (C=O) groups is 1. The Balaban J connectivity index is 2.80. The van der Waals surface area contributed by atoms with Crippen molar-refractivity contribution in [3.8, 4) is 11.8 Å². The molecule has 0 aliphatic rings. The zero-order valence-electron chi connectivity index (χ0n) is 10.9. The molecule has 1 aromatic rings. The van der Waals surface area contributed by atoms with Crippen molar-refractivity contribution in [3.05, 3.63) is 11.9 Å². The highest BCUT2D eigenvalue weighted by atomic mass is 16.5. The number of methoxy groups -OCH3 is 3. The third kappa shape index (κ3) is 3.30. The lowest BCUT2D eigenvalue weighted by atomic mass is 10.2. The van der Waals surface area contributed by atoms with Gasteiger partial charge in [0.1, 0.15) is 12.4 Å². The smallest absolute Gasteiger partial charge is 0.322 e. The summed E-state index contributed by atoms with van der Waals surface area (Å²) in [5.74, 6) is 0.475. The molecule has 0 amide bonds. The van der Waals surface area contributed by atoms with Crippen LogP contribution in [0.15, 0.2) is 6.33 Å². The minimum absolute atomic E-state index is 0.337. The van der Waals surface area contributed by atoms with Crippen LogP contribution in [0.1, 0.15) is 12.5 Å². The van der Waals surface area contributed by atoms with E-state index in [1.54, 1.807) is 6.92 Å². The third-order valence-corrected chi connectivity index (χ3v) is 2.39. The molecular formula is C11H17N3O4. The number of nitrogens with zero attached hydrogens (tertiary/aromatic N) is 2. The Morgan fingerprint density at radius 2 is 1.83 bits per heavy atom. The summed E-state index contributed by atoms with van der Waals surface area (Å²) in [5, 5.41) is 2.98. The molecule has 1 aromatic heterocycles. The minimum Gasteiger partial charge on any atom is -0.481 e. The van der Waals surface area contributed by atoms with Crippen LogP contribution in [0.5, 0.6) is 11.8 Å². The van der Waals surface area contributed by atoms with Crippen molar-refractivity contribution in [1.82, 2.24) is 15.3 Å². The van der Waals surface area contributed by atoms with E-state index in [2.05, 4.69) is 20.0 Å². The van der Waals surface area contributed by atoms with Crippen molar-refractivity contribution in [2.75, 3.05) is 21.3 Å². The molecule has 0 saturated carbocycles. The molecule has 100 valence electrons. The summed E-state index contributed by atoms with van der Waals surface area (Å²) in [5.41, 5.74) is 0.651. The van der Waals surface area contributed by atoms with Gasteiger partial charge in [-0.15, -0.1) is 0 Å². The average Bonchev–Trinajstić information content (AvgIpc) is 2.43. The van der Waals surface area contributed by atoms with E-state index in [1.165, 1.54) is 27.7 Å². The molecule has 0 saturated heterocycles. The van der Waals surface area contributed by atoms with Gasteiger partial charge in [0.2, 0.25) is 11.8 Å². The van der Waals surface area contributed by atoms with Crippen LogP contribution in [0, 0.1) is 0 Å². The zero-order valence-corrected chi connectivity index (χ0v) is 10.9. The van der Waals surface area contributed by atoms with E-state index in [4.69, 9.17) is 9.47 Å². The van der Waals surface area contributed by atoms with E-state index in [1.807, 2.05) is 0 Å². The molecule has 1 rings (SSSR count). The van der Waals surface area contributed by atoms with Crippen molar-refractivity contribution in [2.45, 2.75) is 19.5 Å². The minimum atomic E-state index is -0.440. The van der Waals surface area contributed by atoms with Crippen molar-refractivity contribution >= 4 is 5.97 Å². The molecule has 7 heteroatoms. The summed E-state index contributed by atoms with van der Waals surface area (Å²) in [6, 6.07) is -0.440. The lowest BCUT2D eigenvalue weighted by molar-refractivity contribution is -0.142. The highest BCUT2D eigenvalue weighted by Crippen LogP contribution is 2.22. The predicted molar refractivity (Wildman–Crippen MR) is 63.5 cm³/mol. The molecule has 18 heavy (non-hydrogen) atoms. The third-order valence-electron chi connectivity index (χ3n) is 2.39. The normalized spacial score (nSPS) is 11.8. The second-order valence-corrected chi connectivity index (χ2v) is 3.50. The monoisotopic (exact) mass is 255 g/mol. The fraction of sp³-hybridized carbons (Fsp3) is 0.545. The standard InChI is InChI=1S/C11H17N3O4/c1-7(11(15)18-4)12-5-8-9(16-2)13-6-14-10(8)17-3/h6-7,12H,5H2,1-4H3/t7-/m0/s1. The quantitative estimate of drug-likeness (QED) is 0.724. The summed E-state index contributed by atoms with van der Waals surface area (Å²) < 4.78 is 14.9. The number of nitrogens with one attached hydrogen (secondary N) is 1. The topological polar surface area (TPSA) is 82.6 Å².